The summed E-state index contributed by atoms with van der Waals surface area (Å²) >= 11 is 0. The molecule has 3 nitrogen and oxygen atoms in total. The normalized spacial score (nSPS) is 11.2. The highest BCUT2D eigenvalue weighted by atomic mass is 31.2. The molecule has 162 valence electrons. The van der Waals surface area contributed by atoms with Crippen molar-refractivity contribution < 1.29 is 14.6 Å². The van der Waals surface area contributed by atoms with Gasteiger partial charge in [0.25, 0.3) is 0 Å². The quantitative estimate of drug-likeness (QED) is 0.287. The van der Waals surface area contributed by atoms with Crippen LogP contribution in [0.2, 0.25) is 0 Å². The maximum absolute atomic E-state index is 10.2. The van der Waals surface area contributed by atoms with Crippen LogP contribution >= 0.6 is 7.26 Å². The molecule has 0 aliphatic rings. The maximum atomic E-state index is 10.2. The molecule has 1 N–H and O–H groups in total. The van der Waals surface area contributed by atoms with Crippen LogP contribution in [0.5, 0.6) is 17.2 Å². The molecule has 32 heavy (non-hydrogen) atoms. The molecule has 0 amide bonds. The number of ether oxygens (including phenoxy) is 2. The molecule has 0 bridgehead atoms. The molecule has 4 heteroatoms. The highest BCUT2D eigenvalue weighted by Crippen LogP contribution is 2.55. The second-order valence-electron chi connectivity index (χ2n) is 7.58. The van der Waals surface area contributed by atoms with Gasteiger partial charge in [0.15, 0.2) is 11.5 Å². The number of rotatable bonds is 9. The summed E-state index contributed by atoms with van der Waals surface area (Å²) in [5, 5.41) is 14.2. The van der Waals surface area contributed by atoms with E-state index in [4.69, 9.17) is 9.47 Å². The van der Waals surface area contributed by atoms with Gasteiger partial charge in [-0.2, -0.15) is 0 Å². The zero-order valence-electron chi connectivity index (χ0n) is 18.2. The zero-order chi connectivity index (χ0) is 22.2. The lowest BCUT2D eigenvalue weighted by molar-refractivity contribution is 0.297. The van der Waals surface area contributed by atoms with Crippen molar-refractivity contribution in [2.75, 3.05) is 19.9 Å². The first kappa shape index (κ1) is 21.9. The molecule has 0 spiro atoms. The summed E-state index contributed by atoms with van der Waals surface area (Å²) in [7, 11) is -0.263. The number of aromatic hydroxyl groups is 1. The lowest BCUT2D eigenvalue weighted by Gasteiger charge is -2.27. The molecule has 4 aromatic carbocycles. The van der Waals surface area contributed by atoms with Crippen LogP contribution in [0.3, 0.4) is 0 Å². The van der Waals surface area contributed by atoms with Crippen LogP contribution in [0.15, 0.2) is 109 Å². The van der Waals surface area contributed by atoms with Crippen LogP contribution in [0.25, 0.3) is 0 Å². The second kappa shape index (κ2) is 10.3. The molecule has 0 atom stereocenters. The van der Waals surface area contributed by atoms with Gasteiger partial charge in [-0.25, -0.2) is 0 Å². The summed E-state index contributed by atoms with van der Waals surface area (Å²) in [6, 6.07) is 37.5. The number of phenolic OH excluding ortho intramolecular Hbond substituents is 1. The van der Waals surface area contributed by atoms with Crippen LogP contribution in [0.1, 0.15) is 6.42 Å². The summed E-state index contributed by atoms with van der Waals surface area (Å²) in [6.07, 6.45) is 1.82. The summed E-state index contributed by atoms with van der Waals surface area (Å²) in [5.41, 5.74) is 0. The van der Waals surface area contributed by atoms with Crippen LogP contribution in [-0.4, -0.2) is 25.0 Å². The lowest BCUT2D eigenvalue weighted by atomic mass is 10.3. The Kier molecular flexibility index (Phi) is 7.09. The fourth-order valence-electron chi connectivity index (χ4n) is 4.10. The summed E-state index contributed by atoms with van der Waals surface area (Å²) in [4.78, 5) is 0. The van der Waals surface area contributed by atoms with Gasteiger partial charge in [0, 0.05) is 12.5 Å². The van der Waals surface area contributed by atoms with E-state index in [9.17, 15) is 5.11 Å². The summed E-state index contributed by atoms with van der Waals surface area (Å²) in [6.45, 7) is 0.509. The Morgan fingerprint density at radius 1 is 0.688 bits per heavy atom. The highest BCUT2D eigenvalue weighted by molar-refractivity contribution is 7.95. The highest BCUT2D eigenvalue weighted by Gasteiger charge is 2.44. The third-order valence-electron chi connectivity index (χ3n) is 5.65. The van der Waals surface area contributed by atoms with Crippen molar-refractivity contribution in [2.24, 2.45) is 0 Å². The first-order valence-corrected chi connectivity index (χ1v) is 12.8. The van der Waals surface area contributed by atoms with Crippen molar-refractivity contribution in [1.82, 2.24) is 0 Å². The fourth-order valence-corrected chi connectivity index (χ4v) is 8.42. The van der Waals surface area contributed by atoms with Crippen molar-refractivity contribution in [2.45, 2.75) is 6.42 Å². The molecule has 0 aliphatic heterocycles. The van der Waals surface area contributed by atoms with Gasteiger partial charge in [0.2, 0.25) is 0 Å². The van der Waals surface area contributed by atoms with Crippen LogP contribution in [0.4, 0.5) is 0 Å². The molecule has 0 fully saturated rings. The zero-order valence-corrected chi connectivity index (χ0v) is 19.1. The molecule has 0 saturated carbocycles. The van der Waals surface area contributed by atoms with E-state index in [1.165, 1.54) is 15.9 Å². The van der Waals surface area contributed by atoms with E-state index in [-0.39, 0.29) is 5.75 Å². The van der Waals surface area contributed by atoms with Gasteiger partial charge < -0.3 is 14.6 Å². The molecule has 0 heterocycles. The predicted molar refractivity (Wildman–Crippen MR) is 135 cm³/mol. The lowest BCUT2D eigenvalue weighted by Crippen LogP contribution is -2.33. The topological polar surface area (TPSA) is 38.7 Å². The minimum atomic E-state index is -1.87. The van der Waals surface area contributed by atoms with Gasteiger partial charge in [-0.1, -0.05) is 54.6 Å². The molecule has 0 unspecified atom stereocenters. The SMILES string of the molecule is COc1ccc(O)c(OCCC[P+](c2ccccc2)(c2ccccc2)c2ccccc2)c1. The van der Waals surface area contributed by atoms with Gasteiger partial charge in [0.1, 0.15) is 28.9 Å². The van der Waals surface area contributed by atoms with E-state index in [2.05, 4.69) is 91.0 Å². The van der Waals surface area contributed by atoms with Gasteiger partial charge in [-0.3, -0.25) is 0 Å². The smallest absolute Gasteiger partial charge is 0.164 e. The molecule has 4 aromatic rings. The van der Waals surface area contributed by atoms with Gasteiger partial charge in [-0.05, 0) is 48.5 Å². The van der Waals surface area contributed by atoms with Crippen molar-refractivity contribution in [3.8, 4) is 17.2 Å². The van der Waals surface area contributed by atoms with Crippen molar-refractivity contribution in [1.29, 1.82) is 0 Å². The van der Waals surface area contributed by atoms with Gasteiger partial charge in [-0.15, -0.1) is 0 Å². The minimum absolute atomic E-state index is 0.126. The number of phenols is 1. The number of hydrogen-bond acceptors (Lipinski definition) is 3. The first-order valence-electron chi connectivity index (χ1n) is 10.8. The van der Waals surface area contributed by atoms with Crippen molar-refractivity contribution in [3.63, 3.8) is 0 Å². The monoisotopic (exact) mass is 443 g/mol. The predicted octanol–water partition coefficient (Wildman–Crippen LogP) is 5.16. The Morgan fingerprint density at radius 2 is 1.19 bits per heavy atom. The van der Waals surface area contributed by atoms with Gasteiger partial charge >= 0.3 is 0 Å². The van der Waals surface area contributed by atoms with Crippen molar-refractivity contribution >= 4 is 23.2 Å². The molecule has 0 saturated heterocycles. The Bertz CT molecular complexity index is 1020. The van der Waals surface area contributed by atoms with E-state index in [1.807, 2.05) is 0 Å². The van der Waals surface area contributed by atoms with E-state index >= 15 is 0 Å². The second-order valence-corrected chi connectivity index (χ2v) is 11.2. The Hall–Kier alpha value is -3.29. The Balaban J connectivity index is 1.66. The number of hydrogen-bond donors (Lipinski definition) is 1. The van der Waals surface area contributed by atoms with E-state index in [0.717, 1.165) is 12.6 Å². The van der Waals surface area contributed by atoms with E-state index in [0.29, 0.717) is 18.1 Å². The fraction of sp³-hybridized carbons (Fsp3) is 0.143. The van der Waals surface area contributed by atoms with Crippen molar-refractivity contribution in [3.05, 3.63) is 109 Å². The van der Waals surface area contributed by atoms with Gasteiger partial charge in [0.05, 0.1) is 19.9 Å². The largest absolute Gasteiger partial charge is 0.504 e. The Morgan fingerprint density at radius 3 is 1.66 bits per heavy atom. The third-order valence-corrected chi connectivity index (χ3v) is 10.2. The minimum Gasteiger partial charge on any atom is -0.504 e. The molecule has 0 radical (unpaired) electrons. The average molecular weight is 444 g/mol. The maximum Gasteiger partial charge on any atom is 0.164 e. The molecule has 0 aliphatic carbocycles. The van der Waals surface area contributed by atoms with Crippen LogP contribution in [0, 0.1) is 0 Å². The van der Waals surface area contributed by atoms with E-state index < -0.39 is 7.26 Å². The first-order chi connectivity index (χ1) is 15.7. The molecular weight excluding hydrogens is 415 g/mol. The third kappa shape index (κ3) is 4.64. The standard InChI is InChI=1S/C28H27O3P/c1-30-23-18-19-27(29)28(22-23)31-20-11-21-32(24-12-5-2-6-13-24,25-14-7-3-8-15-25)26-16-9-4-10-17-26/h2-10,12-19,22H,11,20-21H2,1H3/p+1. The molecular formula is C28H28O3P+. The van der Waals surface area contributed by atoms with Crippen LogP contribution < -0.4 is 25.4 Å². The summed E-state index contributed by atoms with van der Waals surface area (Å²) < 4.78 is 11.2. The average Bonchev–Trinajstić information content (AvgIpc) is 2.87. The van der Waals surface area contributed by atoms with E-state index in [1.54, 1.807) is 25.3 Å². The number of methoxy groups -OCH3 is 1. The number of benzene rings is 4. The molecule has 4 rings (SSSR count). The summed E-state index contributed by atoms with van der Waals surface area (Å²) in [5.74, 6) is 1.24. The Labute approximate surface area is 190 Å². The van der Waals surface area contributed by atoms with Crippen LogP contribution in [-0.2, 0) is 0 Å². The molecule has 0 aromatic heterocycles.